The summed E-state index contributed by atoms with van der Waals surface area (Å²) in [5.41, 5.74) is 2.61. The first-order valence-corrected chi connectivity index (χ1v) is 8.11. The normalized spacial score (nSPS) is 11.8. The highest BCUT2D eigenvalue weighted by Crippen LogP contribution is 2.20. The Morgan fingerprint density at radius 2 is 1.80 bits per heavy atom. The molecule has 6 nitrogen and oxygen atoms in total. The summed E-state index contributed by atoms with van der Waals surface area (Å²) in [6, 6.07) is 11.8. The molecule has 0 radical (unpaired) electrons. The second-order valence-corrected chi connectivity index (χ2v) is 6.08. The molecule has 1 atom stereocenters. The highest BCUT2D eigenvalue weighted by atomic mass is 16.6. The van der Waals surface area contributed by atoms with Crippen molar-refractivity contribution in [3.63, 3.8) is 0 Å². The van der Waals surface area contributed by atoms with E-state index in [1.165, 1.54) is 17.0 Å². The lowest BCUT2D eigenvalue weighted by molar-refractivity contribution is -0.384. The largest absolute Gasteiger partial charge is 0.387 e. The van der Waals surface area contributed by atoms with Crippen molar-refractivity contribution < 1.29 is 14.8 Å². The van der Waals surface area contributed by atoms with Gasteiger partial charge < -0.3 is 10.0 Å². The summed E-state index contributed by atoms with van der Waals surface area (Å²) < 4.78 is 0. The van der Waals surface area contributed by atoms with E-state index in [9.17, 15) is 20.0 Å². The number of carbonyl (C=O) groups is 1. The Kier molecular flexibility index (Phi) is 5.88. The number of aliphatic hydroxyl groups excluding tert-OH is 1. The van der Waals surface area contributed by atoms with Crippen LogP contribution in [0.2, 0.25) is 0 Å². The standard InChI is InChI=1S/C19H22N2O4/c1-4-20(12-18(22)15-7-5-13(2)6-8-15)19(23)16-9-14(3)10-17(11-16)21(24)25/h5-11,18,22H,4,12H2,1-3H3. The van der Waals surface area contributed by atoms with Crippen molar-refractivity contribution in [2.24, 2.45) is 0 Å². The number of likely N-dealkylation sites (N-methyl/N-ethyl adjacent to an activating group) is 1. The van der Waals surface area contributed by atoms with Gasteiger partial charge in [-0.25, -0.2) is 0 Å². The number of benzene rings is 2. The Morgan fingerprint density at radius 3 is 2.36 bits per heavy atom. The molecule has 0 fully saturated rings. The van der Waals surface area contributed by atoms with Crippen molar-refractivity contribution in [2.75, 3.05) is 13.1 Å². The van der Waals surface area contributed by atoms with E-state index in [4.69, 9.17) is 0 Å². The molecule has 1 unspecified atom stereocenters. The van der Waals surface area contributed by atoms with Crippen LogP contribution in [0, 0.1) is 24.0 Å². The van der Waals surface area contributed by atoms with Crippen LogP contribution in [-0.2, 0) is 0 Å². The van der Waals surface area contributed by atoms with Crippen LogP contribution in [0.15, 0.2) is 42.5 Å². The zero-order valence-corrected chi connectivity index (χ0v) is 14.6. The van der Waals surface area contributed by atoms with Crippen LogP contribution in [-0.4, -0.2) is 33.9 Å². The summed E-state index contributed by atoms with van der Waals surface area (Å²) in [5.74, 6) is -0.333. The lowest BCUT2D eigenvalue weighted by Crippen LogP contribution is -2.34. The van der Waals surface area contributed by atoms with Gasteiger partial charge in [-0.1, -0.05) is 29.8 Å². The monoisotopic (exact) mass is 342 g/mol. The average molecular weight is 342 g/mol. The van der Waals surface area contributed by atoms with Gasteiger partial charge >= 0.3 is 0 Å². The number of carbonyl (C=O) groups excluding carboxylic acids is 1. The third-order valence-corrected chi connectivity index (χ3v) is 4.04. The molecule has 2 aromatic rings. The molecule has 0 aliphatic rings. The number of rotatable bonds is 6. The van der Waals surface area contributed by atoms with Crippen molar-refractivity contribution >= 4 is 11.6 Å². The van der Waals surface area contributed by atoms with E-state index in [0.29, 0.717) is 12.1 Å². The molecule has 0 saturated carbocycles. The SMILES string of the molecule is CCN(CC(O)c1ccc(C)cc1)C(=O)c1cc(C)cc([N+](=O)[O-])c1. The van der Waals surface area contributed by atoms with Gasteiger partial charge in [0.15, 0.2) is 0 Å². The maximum Gasteiger partial charge on any atom is 0.270 e. The molecule has 0 heterocycles. The Labute approximate surface area is 146 Å². The van der Waals surface area contributed by atoms with E-state index in [1.54, 1.807) is 13.0 Å². The summed E-state index contributed by atoms with van der Waals surface area (Å²) in [6.45, 7) is 6.00. The third-order valence-electron chi connectivity index (χ3n) is 4.04. The van der Waals surface area contributed by atoms with E-state index in [2.05, 4.69) is 0 Å². The number of non-ortho nitro benzene ring substituents is 1. The van der Waals surface area contributed by atoms with Gasteiger partial charge in [0.05, 0.1) is 17.6 Å². The van der Waals surface area contributed by atoms with Crippen LogP contribution < -0.4 is 0 Å². The first-order chi connectivity index (χ1) is 11.8. The van der Waals surface area contributed by atoms with E-state index in [0.717, 1.165) is 11.1 Å². The summed E-state index contributed by atoms with van der Waals surface area (Å²) in [6.07, 6.45) is -0.815. The van der Waals surface area contributed by atoms with E-state index < -0.39 is 11.0 Å². The van der Waals surface area contributed by atoms with Gasteiger partial charge in [-0.15, -0.1) is 0 Å². The molecule has 0 aliphatic carbocycles. The predicted molar refractivity (Wildman–Crippen MR) is 95.5 cm³/mol. The highest BCUT2D eigenvalue weighted by molar-refractivity contribution is 5.95. The molecule has 2 rings (SSSR count). The molecule has 0 saturated heterocycles. The van der Waals surface area contributed by atoms with Crippen LogP contribution in [0.25, 0.3) is 0 Å². The van der Waals surface area contributed by atoms with Gasteiger partial charge in [-0.2, -0.15) is 0 Å². The number of hydrogen-bond acceptors (Lipinski definition) is 4. The number of aryl methyl sites for hydroxylation is 2. The first kappa shape index (κ1) is 18.6. The third kappa shape index (κ3) is 4.64. The number of nitro groups is 1. The van der Waals surface area contributed by atoms with Crippen molar-refractivity contribution in [3.8, 4) is 0 Å². The highest BCUT2D eigenvalue weighted by Gasteiger charge is 2.21. The van der Waals surface area contributed by atoms with Crippen LogP contribution in [0.1, 0.15) is 40.1 Å². The maximum absolute atomic E-state index is 12.7. The molecule has 1 amide bonds. The number of aliphatic hydroxyl groups is 1. The van der Waals surface area contributed by atoms with Crippen LogP contribution >= 0.6 is 0 Å². The summed E-state index contributed by atoms with van der Waals surface area (Å²) in [7, 11) is 0. The zero-order valence-electron chi connectivity index (χ0n) is 14.6. The topological polar surface area (TPSA) is 83.7 Å². The molecular formula is C19H22N2O4. The van der Waals surface area contributed by atoms with Crippen LogP contribution in [0.3, 0.4) is 0 Å². The Morgan fingerprint density at radius 1 is 1.16 bits per heavy atom. The molecule has 0 bridgehead atoms. The summed E-state index contributed by atoms with van der Waals surface area (Å²) in [4.78, 5) is 24.7. The van der Waals surface area contributed by atoms with Crippen molar-refractivity contribution in [3.05, 3.63) is 74.8 Å². The summed E-state index contributed by atoms with van der Waals surface area (Å²) >= 11 is 0. The average Bonchev–Trinajstić information content (AvgIpc) is 2.58. The number of nitro benzene ring substituents is 1. The molecule has 25 heavy (non-hydrogen) atoms. The van der Waals surface area contributed by atoms with Gasteiger partial charge in [-0.05, 0) is 38.0 Å². The Balaban J connectivity index is 2.21. The molecule has 0 aliphatic heterocycles. The molecule has 132 valence electrons. The van der Waals surface area contributed by atoms with Crippen LogP contribution in [0.5, 0.6) is 0 Å². The lowest BCUT2D eigenvalue weighted by Gasteiger charge is -2.24. The van der Waals surface area contributed by atoms with E-state index in [1.807, 2.05) is 38.1 Å². The molecule has 1 N–H and O–H groups in total. The molecule has 0 aromatic heterocycles. The number of hydrogen-bond donors (Lipinski definition) is 1. The Hall–Kier alpha value is -2.73. The second-order valence-electron chi connectivity index (χ2n) is 6.08. The molecular weight excluding hydrogens is 320 g/mol. The predicted octanol–water partition coefficient (Wildman–Crippen LogP) is 3.41. The minimum absolute atomic E-state index is 0.113. The van der Waals surface area contributed by atoms with Gasteiger partial charge in [0.2, 0.25) is 0 Å². The van der Waals surface area contributed by atoms with Crippen molar-refractivity contribution in [1.29, 1.82) is 0 Å². The van der Waals surface area contributed by atoms with E-state index >= 15 is 0 Å². The summed E-state index contributed by atoms with van der Waals surface area (Å²) in [5, 5.41) is 21.4. The quantitative estimate of drug-likeness (QED) is 0.644. The maximum atomic E-state index is 12.7. The number of nitrogens with zero attached hydrogens (tertiary/aromatic N) is 2. The smallest absolute Gasteiger partial charge is 0.270 e. The zero-order chi connectivity index (χ0) is 18.6. The molecule has 2 aromatic carbocycles. The van der Waals surface area contributed by atoms with Crippen molar-refractivity contribution in [2.45, 2.75) is 26.9 Å². The first-order valence-electron chi connectivity index (χ1n) is 8.11. The van der Waals surface area contributed by atoms with E-state index in [-0.39, 0.29) is 23.7 Å². The Bertz CT molecular complexity index is 771. The van der Waals surface area contributed by atoms with Crippen LogP contribution in [0.4, 0.5) is 5.69 Å². The lowest BCUT2D eigenvalue weighted by atomic mass is 10.1. The minimum Gasteiger partial charge on any atom is -0.387 e. The van der Waals surface area contributed by atoms with Gasteiger partial charge in [0, 0.05) is 24.2 Å². The van der Waals surface area contributed by atoms with Gasteiger partial charge in [0.25, 0.3) is 11.6 Å². The fourth-order valence-electron chi connectivity index (χ4n) is 2.63. The van der Waals surface area contributed by atoms with Gasteiger partial charge in [-0.3, -0.25) is 14.9 Å². The fourth-order valence-corrected chi connectivity index (χ4v) is 2.63. The second kappa shape index (κ2) is 7.90. The fraction of sp³-hybridized carbons (Fsp3) is 0.316. The minimum atomic E-state index is -0.815. The van der Waals surface area contributed by atoms with Gasteiger partial charge in [0.1, 0.15) is 0 Å². The van der Waals surface area contributed by atoms with Crippen molar-refractivity contribution in [1.82, 2.24) is 4.90 Å². The molecule has 0 spiro atoms. The number of amides is 1. The molecule has 6 heteroatoms.